The second-order valence-corrected chi connectivity index (χ2v) is 9.17. The molecule has 0 aliphatic carbocycles. The summed E-state index contributed by atoms with van der Waals surface area (Å²) in [5, 5.41) is 0. The average molecular weight is 488 g/mol. The van der Waals surface area contributed by atoms with Gasteiger partial charge in [0.05, 0.1) is 30.9 Å². The molecular formula is C28H30FN5O2. The lowest BCUT2D eigenvalue weighted by Crippen LogP contribution is -2.51. The van der Waals surface area contributed by atoms with Crippen LogP contribution in [0.25, 0.3) is 11.8 Å². The maximum Gasteiger partial charge on any atom is 0.279 e. The van der Waals surface area contributed by atoms with Gasteiger partial charge in [-0.2, -0.15) is 0 Å². The first kappa shape index (κ1) is 23.8. The molecule has 2 aromatic carbocycles. The van der Waals surface area contributed by atoms with Crippen molar-refractivity contribution in [2.24, 2.45) is 4.99 Å². The Morgan fingerprint density at radius 2 is 2.00 bits per heavy atom. The van der Waals surface area contributed by atoms with Gasteiger partial charge in [0.1, 0.15) is 17.3 Å². The van der Waals surface area contributed by atoms with Crippen molar-refractivity contribution in [2.45, 2.75) is 39.2 Å². The molecular weight excluding hydrogens is 457 g/mol. The molecule has 2 aliphatic rings. The Hall–Kier alpha value is -3.94. The number of benzene rings is 2. The summed E-state index contributed by atoms with van der Waals surface area (Å²) in [6, 6.07) is 12.0. The second-order valence-electron chi connectivity index (χ2n) is 9.17. The summed E-state index contributed by atoms with van der Waals surface area (Å²) in [5.74, 6) is 0.919. The van der Waals surface area contributed by atoms with Crippen LogP contribution in [0.5, 0.6) is 5.75 Å². The largest absolute Gasteiger partial charge is 0.495 e. The maximum atomic E-state index is 13.7. The van der Waals surface area contributed by atoms with Crippen LogP contribution in [0.3, 0.4) is 0 Å². The van der Waals surface area contributed by atoms with Crippen LogP contribution in [0.4, 0.5) is 4.39 Å². The molecule has 8 heteroatoms. The summed E-state index contributed by atoms with van der Waals surface area (Å²) in [4.78, 5) is 26.7. The van der Waals surface area contributed by atoms with Gasteiger partial charge in [-0.3, -0.25) is 9.69 Å². The lowest BCUT2D eigenvalue weighted by molar-refractivity contribution is -0.125. The number of methoxy groups -OCH3 is 1. The van der Waals surface area contributed by atoms with Crippen molar-refractivity contribution in [1.82, 2.24) is 19.4 Å². The zero-order valence-corrected chi connectivity index (χ0v) is 20.8. The lowest BCUT2D eigenvalue weighted by Gasteiger charge is -2.40. The van der Waals surface area contributed by atoms with Gasteiger partial charge in [0.15, 0.2) is 0 Å². The number of amides is 1. The molecule has 1 aromatic heterocycles. The predicted octanol–water partition coefficient (Wildman–Crippen LogP) is 5.11. The van der Waals surface area contributed by atoms with Crippen molar-refractivity contribution < 1.29 is 13.9 Å². The van der Waals surface area contributed by atoms with Crippen molar-refractivity contribution in [3.63, 3.8) is 0 Å². The molecule has 1 saturated heterocycles. The summed E-state index contributed by atoms with van der Waals surface area (Å²) >= 11 is 0. The minimum atomic E-state index is -0.287. The molecule has 36 heavy (non-hydrogen) atoms. The van der Waals surface area contributed by atoms with Gasteiger partial charge in [-0.1, -0.05) is 31.5 Å². The van der Waals surface area contributed by atoms with Crippen LogP contribution in [0, 0.1) is 12.7 Å². The van der Waals surface area contributed by atoms with Gasteiger partial charge in [0.25, 0.3) is 5.91 Å². The van der Waals surface area contributed by atoms with Crippen molar-refractivity contribution >= 4 is 17.9 Å². The molecule has 2 aliphatic heterocycles. The molecule has 3 aromatic rings. The molecule has 1 fully saturated rings. The fraction of sp³-hybridized carbons (Fsp3) is 0.321. The highest BCUT2D eigenvalue weighted by Gasteiger charge is 2.42. The molecule has 1 atom stereocenters. The zero-order valence-electron chi connectivity index (χ0n) is 20.8. The van der Waals surface area contributed by atoms with Crippen molar-refractivity contribution in [3.8, 4) is 11.4 Å². The zero-order chi connectivity index (χ0) is 25.2. The standard InChI is InChI=1S/C28H30FN5O2/c1-4-5-13-32-14-12-24(21-7-9-22(29)10-8-21)34-27(35)23(31-28(32)34)15-20-6-11-25(26(16-20)36-3)33-17-19(2)30-18-33/h6-11,15-18,24H,4-5,12-14H2,1-3H3/b23-15-. The summed E-state index contributed by atoms with van der Waals surface area (Å²) in [7, 11) is 1.62. The summed E-state index contributed by atoms with van der Waals surface area (Å²) in [6.45, 7) is 5.72. The SMILES string of the molecule is CCCCN1CCC(c2ccc(F)cc2)N2C(=O)/C(=C/c3ccc(-n4cnc(C)c4)c(OC)c3)N=C12. The Morgan fingerprint density at radius 1 is 1.19 bits per heavy atom. The number of fused-ring (bicyclic) bond motifs is 1. The first-order valence-corrected chi connectivity index (χ1v) is 12.3. The minimum absolute atomic E-state index is 0.145. The quantitative estimate of drug-likeness (QED) is 0.434. The van der Waals surface area contributed by atoms with Crippen molar-refractivity contribution in [3.05, 3.63) is 83.3 Å². The maximum absolute atomic E-state index is 13.7. The average Bonchev–Trinajstić information content (AvgIpc) is 3.46. The number of aliphatic imine (C=N–C) groups is 1. The number of unbranched alkanes of at least 4 members (excludes halogenated alkanes) is 1. The monoisotopic (exact) mass is 487 g/mol. The number of hydrogen-bond donors (Lipinski definition) is 0. The van der Waals surface area contributed by atoms with E-state index in [9.17, 15) is 9.18 Å². The van der Waals surface area contributed by atoms with Crippen molar-refractivity contribution in [1.29, 1.82) is 0 Å². The molecule has 0 spiro atoms. The number of carbonyl (C=O) groups is 1. The number of nitrogens with zero attached hydrogens (tertiary/aromatic N) is 5. The smallest absolute Gasteiger partial charge is 0.279 e. The van der Waals surface area contributed by atoms with Crippen LogP contribution >= 0.6 is 0 Å². The van der Waals surface area contributed by atoms with E-state index in [4.69, 9.17) is 9.73 Å². The Kier molecular flexibility index (Phi) is 6.59. The van der Waals surface area contributed by atoms with Crippen LogP contribution in [0.2, 0.25) is 0 Å². The van der Waals surface area contributed by atoms with Gasteiger partial charge in [-0.15, -0.1) is 0 Å². The molecule has 186 valence electrons. The van der Waals surface area contributed by atoms with Crippen LogP contribution < -0.4 is 4.74 Å². The van der Waals surface area contributed by atoms with Crippen LogP contribution in [0.1, 0.15) is 49.0 Å². The van der Waals surface area contributed by atoms with Crippen LogP contribution in [0.15, 0.2) is 65.7 Å². The van der Waals surface area contributed by atoms with E-state index in [-0.39, 0.29) is 17.8 Å². The number of ether oxygens (including phenoxy) is 1. The molecule has 1 amide bonds. The summed E-state index contributed by atoms with van der Waals surface area (Å²) in [5.41, 5.74) is 3.89. The molecule has 0 N–H and O–H groups in total. The lowest BCUT2D eigenvalue weighted by atomic mass is 9.99. The Morgan fingerprint density at radius 3 is 2.69 bits per heavy atom. The Labute approximate surface area is 210 Å². The number of carbonyl (C=O) groups excluding carboxylic acids is 1. The van der Waals surface area contributed by atoms with Gasteiger partial charge < -0.3 is 14.2 Å². The third kappa shape index (κ3) is 4.51. The van der Waals surface area contributed by atoms with E-state index in [1.807, 2.05) is 35.9 Å². The van der Waals surface area contributed by atoms with Gasteiger partial charge in [0, 0.05) is 19.3 Å². The van der Waals surface area contributed by atoms with E-state index >= 15 is 0 Å². The Bertz CT molecular complexity index is 1330. The van der Waals surface area contributed by atoms with Crippen LogP contribution in [-0.2, 0) is 4.79 Å². The Balaban J connectivity index is 1.49. The first-order valence-electron chi connectivity index (χ1n) is 12.3. The van der Waals surface area contributed by atoms with E-state index < -0.39 is 0 Å². The minimum Gasteiger partial charge on any atom is -0.495 e. The number of hydrogen-bond acceptors (Lipinski definition) is 5. The van der Waals surface area contributed by atoms with Gasteiger partial charge >= 0.3 is 0 Å². The number of aromatic nitrogens is 2. The molecule has 7 nitrogen and oxygen atoms in total. The summed E-state index contributed by atoms with van der Waals surface area (Å²) < 4.78 is 21.1. The second kappa shape index (κ2) is 9.97. The molecule has 3 heterocycles. The molecule has 1 unspecified atom stereocenters. The normalized spacial score (nSPS) is 18.6. The molecule has 0 radical (unpaired) electrons. The number of aryl methyl sites for hydroxylation is 1. The first-order chi connectivity index (χ1) is 17.5. The van der Waals surface area contributed by atoms with E-state index in [1.54, 1.807) is 36.5 Å². The van der Waals surface area contributed by atoms with Gasteiger partial charge in [0.2, 0.25) is 5.96 Å². The van der Waals surface area contributed by atoms with Gasteiger partial charge in [-0.25, -0.2) is 14.4 Å². The number of rotatable bonds is 7. The highest BCUT2D eigenvalue weighted by molar-refractivity contribution is 6.14. The van der Waals surface area contributed by atoms with E-state index in [1.165, 1.54) is 12.1 Å². The predicted molar refractivity (Wildman–Crippen MR) is 137 cm³/mol. The fourth-order valence-electron chi connectivity index (χ4n) is 4.80. The summed E-state index contributed by atoms with van der Waals surface area (Å²) in [6.07, 6.45) is 8.33. The third-order valence-corrected chi connectivity index (χ3v) is 6.67. The highest BCUT2D eigenvalue weighted by Crippen LogP contribution is 2.36. The highest BCUT2D eigenvalue weighted by atomic mass is 19.1. The fourth-order valence-corrected chi connectivity index (χ4v) is 4.80. The van der Waals surface area contributed by atoms with E-state index in [2.05, 4.69) is 16.8 Å². The van der Waals surface area contributed by atoms with E-state index in [0.29, 0.717) is 17.4 Å². The van der Waals surface area contributed by atoms with Gasteiger partial charge in [-0.05, 0) is 61.2 Å². The number of imidazole rings is 1. The topological polar surface area (TPSA) is 63.0 Å². The molecule has 0 saturated carbocycles. The third-order valence-electron chi connectivity index (χ3n) is 6.67. The molecule has 0 bridgehead atoms. The van der Waals surface area contributed by atoms with Crippen LogP contribution in [-0.4, -0.2) is 51.4 Å². The number of guanidine groups is 1. The molecule has 5 rings (SSSR count). The van der Waals surface area contributed by atoms with E-state index in [0.717, 1.165) is 54.9 Å². The number of halogens is 1. The van der Waals surface area contributed by atoms with Crippen molar-refractivity contribution in [2.75, 3.05) is 20.2 Å².